The molecule has 1 saturated heterocycles. The predicted molar refractivity (Wildman–Crippen MR) is 80.1 cm³/mol. The molecule has 0 aliphatic carbocycles. The second-order valence-corrected chi connectivity index (χ2v) is 5.78. The summed E-state index contributed by atoms with van der Waals surface area (Å²) in [6, 6.07) is 1.42. The second-order valence-electron chi connectivity index (χ2n) is 5.78. The molecule has 0 saturated carbocycles. The van der Waals surface area contributed by atoms with Crippen molar-refractivity contribution in [2.75, 3.05) is 39.3 Å². The van der Waals surface area contributed by atoms with Crippen LogP contribution in [0.2, 0.25) is 0 Å². The number of rotatable bonds is 8. The van der Waals surface area contributed by atoms with Crippen molar-refractivity contribution in [3.05, 3.63) is 0 Å². The van der Waals surface area contributed by atoms with E-state index in [1.54, 1.807) is 0 Å². The summed E-state index contributed by atoms with van der Waals surface area (Å²) in [7, 11) is 0. The van der Waals surface area contributed by atoms with Crippen LogP contribution in [0, 0.1) is 0 Å². The van der Waals surface area contributed by atoms with Gasteiger partial charge in [0.2, 0.25) is 0 Å². The van der Waals surface area contributed by atoms with E-state index in [0.29, 0.717) is 6.04 Å². The molecule has 1 N–H and O–H groups in total. The van der Waals surface area contributed by atoms with Gasteiger partial charge in [0.15, 0.2) is 0 Å². The Kier molecular flexibility index (Phi) is 7.87. The van der Waals surface area contributed by atoms with Gasteiger partial charge in [-0.1, -0.05) is 13.8 Å². The standard InChI is InChI=1S/C15H33N3/c1-5-9-16-14(3)8-7-10-17-11-12-18(6-2)15(4)13-17/h14-16H,5-13H2,1-4H3. The molecular weight excluding hydrogens is 222 g/mol. The summed E-state index contributed by atoms with van der Waals surface area (Å²) in [4.78, 5) is 5.23. The lowest BCUT2D eigenvalue weighted by Gasteiger charge is -2.39. The molecule has 18 heavy (non-hydrogen) atoms. The number of likely N-dealkylation sites (N-methyl/N-ethyl adjacent to an activating group) is 1. The first-order chi connectivity index (χ1) is 8.67. The van der Waals surface area contributed by atoms with Crippen LogP contribution in [0.3, 0.4) is 0 Å². The Morgan fingerprint density at radius 2 is 2.06 bits per heavy atom. The molecule has 1 rings (SSSR count). The molecule has 1 heterocycles. The highest BCUT2D eigenvalue weighted by molar-refractivity contribution is 4.78. The molecule has 1 fully saturated rings. The van der Waals surface area contributed by atoms with Crippen LogP contribution in [0.15, 0.2) is 0 Å². The average Bonchev–Trinajstić information content (AvgIpc) is 2.36. The summed E-state index contributed by atoms with van der Waals surface area (Å²) in [5, 5.41) is 3.57. The molecule has 0 aromatic rings. The van der Waals surface area contributed by atoms with Gasteiger partial charge in [-0.25, -0.2) is 0 Å². The molecule has 0 aromatic carbocycles. The van der Waals surface area contributed by atoms with E-state index < -0.39 is 0 Å². The van der Waals surface area contributed by atoms with Gasteiger partial charge in [0.25, 0.3) is 0 Å². The second kappa shape index (κ2) is 8.89. The average molecular weight is 255 g/mol. The molecular formula is C15H33N3. The Morgan fingerprint density at radius 1 is 1.28 bits per heavy atom. The minimum Gasteiger partial charge on any atom is -0.314 e. The van der Waals surface area contributed by atoms with E-state index in [2.05, 4.69) is 42.8 Å². The van der Waals surface area contributed by atoms with Crippen molar-refractivity contribution < 1.29 is 0 Å². The van der Waals surface area contributed by atoms with Crippen molar-refractivity contribution in [3.63, 3.8) is 0 Å². The molecule has 1 aliphatic rings. The van der Waals surface area contributed by atoms with Crippen LogP contribution in [-0.4, -0.2) is 61.2 Å². The molecule has 0 bridgehead atoms. The van der Waals surface area contributed by atoms with Crippen LogP contribution in [0.5, 0.6) is 0 Å². The molecule has 0 radical (unpaired) electrons. The summed E-state index contributed by atoms with van der Waals surface area (Å²) in [6.45, 7) is 16.6. The number of nitrogens with zero attached hydrogens (tertiary/aromatic N) is 2. The first-order valence-corrected chi connectivity index (χ1v) is 7.87. The number of piperazine rings is 1. The Morgan fingerprint density at radius 3 is 2.67 bits per heavy atom. The zero-order valence-corrected chi connectivity index (χ0v) is 12.9. The van der Waals surface area contributed by atoms with Gasteiger partial charge < -0.3 is 10.2 Å². The number of nitrogens with one attached hydrogen (secondary N) is 1. The van der Waals surface area contributed by atoms with Crippen LogP contribution < -0.4 is 5.32 Å². The highest BCUT2D eigenvalue weighted by Crippen LogP contribution is 2.10. The zero-order chi connectivity index (χ0) is 13.4. The fourth-order valence-corrected chi connectivity index (χ4v) is 2.86. The van der Waals surface area contributed by atoms with Crippen LogP contribution in [0.1, 0.15) is 47.0 Å². The molecule has 3 heteroatoms. The Balaban J connectivity index is 2.09. The SMILES string of the molecule is CCCNC(C)CCCN1CCN(CC)C(C)C1. The third-order valence-electron chi connectivity index (χ3n) is 4.11. The topological polar surface area (TPSA) is 18.5 Å². The molecule has 108 valence electrons. The predicted octanol–water partition coefficient (Wildman–Crippen LogP) is 2.18. The van der Waals surface area contributed by atoms with Gasteiger partial charge in [-0.3, -0.25) is 4.90 Å². The van der Waals surface area contributed by atoms with Crippen molar-refractivity contribution in [1.29, 1.82) is 0 Å². The lowest BCUT2D eigenvalue weighted by Crippen LogP contribution is -2.51. The Bertz CT molecular complexity index is 208. The van der Waals surface area contributed by atoms with E-state index in [4.69, 9.17) is 0 Å². The highest BCUT2D eigenvalue weighted by atomic mass is 15.3. The Labute approximate surface area is 114 Å². The fraction of sp³-hybridized carbons (Fsp3) is 1.00. The Hall–Kier alpha value is -0.120. The number of hydrogen-bond acceptors (Lipinski definition) is 3. The van der Waals surface area contributed by atoms with Crippen molar-refractivity contribution in [1.82, 2.24) is 15.1 Å². The van der Waals surface area contributed by atoms with Crippen molar-refractivity contribution in [3.8, 4) is 0 Å². The monoisotopic (exact) mass is 255 g/mol. The summed E-state index contributed by atoms with van der Waals surface area (Å²) in [5.74, 6) is 0. The molecule has 2 unspecified atom stereocenters. The van der Waals surface area contributed by atoms with Gasteiger partial charge >= 0.3 is 0 Å². The summed E-state index contributed by atoms with van der Waals surface area (Å²) in [5.41, 5.74) is 0. The first kappa shape index (κ1) is 15.9. The minimum atomic E-state index is 0.680. The number of hydrogen-bond donors (Lipinski definition) is 1. The van der Waals surface area contributed by atoms with Gasteiger partial charge in [-0.2, -0.15) is 0 Å². The maximum atomic E-state index is 3.57. The summed E-state index contributed by atoms with van der Waals surface area (Å²) < 4.78 is 0. The van der Waals surface area contributed by atoms with Crippen LogP contribution >= 0.6 is 0 Å². The van der Waals surface area contributed by atoms with Crippen molar-refractivity contribution in [2.24, 2.45) is 0 Å². The van der Waals surface area contributed by atoms with Gasteiger partial charge in [-0.05, 0) is 52.7 Å². The summed E-state index contributed by atoms with van der Waals surface area (Å²) in [6.07, 6.45) is 3.87. The third-order valence-corrected chi connectivity index (χ3v) is 4.11. The van der Waals surface area contributed by atoms with Gasteiger partial charge in [0.05, 0.1) is 0 Å². The van der Waals surface area contributed by atoms with E-state index in [-0.39, 0.29) is 0 Å². The fourth-order valence-electron chi connectivity index (χ4n) is 2.86. The normalized spacial score (nSPS) is 24.3. The van der Waals surface area contributed by atoms with E-state index in [9.17, 15) is 0 Å². The summed E-state index contributed by atoms with van der Waals surface area (Å²) >= 11 is 0. The van der Waals surface area contributed by atoms with E-state index in [0.717, 1.165) is 12.6 Å². The van der Waals surface area contributed by atoms with Crippen LogP contribution in [0.25, 0.3) is 0 Å². The largest absolute Gasteiger partial charge is 0.314 e. The van der Waals surface area contributed by atoms with Gasteiger partial charge in [0, 0.05) is 31.7 Å². The quantitative estimate of drug-likeness (QED) is 0.717. The lowest BCUT2D eigenvalue weighted by atomic mass is 10.1. The van der Waals surface area contributed by atoms with Crippen molar-refractivity contribution >= 4 is 0 Å². The first-order valence-electron chi connectivity index (χ1n) is 7.87. The minimum absolute atomic E-state index is 0.680. The maximum absolute atomic E-state index is 3.57. The molecule has 0 spiro atoms. The molecule has 0 amide bonds. The molecule has 0 aromatic heterocycles. The van der Waals surface area contributed by atoms with Gasteiger partial charge in [0.1, 0.15) is 0 Å². The smallest absolute Gasteiger partial charge is 0.0195 e. The maximum Gasteiger partial charge on any atom is 0.0195 e. The van der Waals surface area contributed by atoms with Crippen molar-refractivity contribution in [2.45, 2.75) is 59.0 Å². The van der Waals surface area contributed by atoms with Crippen LogP contribution in [0.4, 0.5) is 0 Å². The van der Waals surface area contributed by atoms with Crippen LogP contribution in [-0.2, 0) is 0 Å². The van der Waals surface area contributed by atoms with E-state index >= 15 is 0 Å². The molecule has 2 atom stereocenters. The highest BCUT2D eigenvalue weighted by Gasteiger charge is 2.21. The lowest BCUT2D eigenvalue weighted by molar-refractivity contribution is 0.0865. The van der Waals surface area contributed by atoms with E-state index in [1.165, 1.54) is 52.0 Å². The molecule has 3 nitrogen and oxygen atoms in total. The van der Waals surface area contributed by atoms with E-state index in [1.807, 2.05) is 0 Å². The van der Waals surface area contributed by atoms with Gasteiger partial charge in [-0.15, -0.1) is 0 Å². The molecule has 1 aliphatic heterocycles. The zero-order valence-electron chi connectivity index (χ0n) is 12.9. The third kappa shape index (κ3) is 5.68.